The van der Waals surface area contributed by atoms with Crippen molar-refractivity contribution in [2.45, 2.75) is 63.5 Å². The van der Waals surface area contributed by atoms with Gasteiger partial charge in [0.15, 0.2) is 0 Å². The highest BCUT2D eigenvalue weighted by molar-refractivity contribution is 6.30. The number of aromatic nitrogens is 1. The van der Waals surface area contributed by atoms with E-state index in [2.05, 4.69) is 10.3 Å². The molecule has 2 aromatic rings. The van der Waals surface area contributed by atoms with Gasteiger partial charge in [0, 0.05) is 37.3 Å². The summed E-state index contributed by atoms with van der Waals surface area (Å²) < 4.78 is 24.9. The van der Waals surface area contributed by atoms with Gasteiger partial charge in [0.25, 0.3) is 0 Å². The quantitative estimate of drug-likeness (QED) is 0.628. The number of ether oxygens (including phenoxy) is 2. The van der Waals surface area contributed by atoms with Gasteiger partial charge in [0.05, 0.1) is 17.1 Å². The minimum atomic E-state index is -0.914. The van der Waals surface area contributed by atoms with E-state index in [9.17, 15) is 14.3 Å². The third-order valence-electron chi connectivity index (χ3n) is 5.47. The number of nitrogens with zero attached hydrogens (tertiary/aromatic N) is 2. The topological polar surface area (TPSA) is 83.9 Å². The van der Waals surface area contributed by atoms with Crippen molar-refractivity contribution < 1.29 is 23.8 Å². The molecule has 1 aromatic carbocycles. The number of amides is 1. The summed E-state index contributed by atoms with van der Waals surface area (Å²) in [6.45, 7) is 5.98. The van der Waals surface area contributed by atoms with Gasteiger partial charge in [-0.2, -0.15) is 0 Å². The van der Waals surface area contributed by atoms with Gasteiger partial charge in [-0.3, -0.25) is 9.88 Å². The summed E-state index contributed by atoms with van der Waals surface area (Å²) >= 11 is 5.87. The van der Waals surface area contributed by atoms with Crippen LogP contribution in [0.3, 0.4) is 0 Å². The number of aliphatic hydroxyl groups is 1. The fourth-order valence-corrected chi connectivity index (χ4v) is 4.16. The summed E-state index contributed by atoms with van der Waals surface area (Å²) in [5.41, 5.74) is 0.282. The van der Waals surface area contributed by atoms with Gasteiger partial charge in [0.1, 0.15) is 29.4 Å². The minimum absolute atomic E-state index is 0.0626. The highest BCUT2D eigenvalue weighted by atomic mass is 35.5. The fourth-order valence-electron chi connectivity index (χ4n) is 3.99. The second-order valence-corrected chi connectivity index (χ2v) is 9.66. The van der Waals surface area contributed by atoms with E-state index in [-0.39, 0.29) is 5.02 Å². The Morgan fingerprint density at radius 2 is 2.09 bits per heavy atom. The average molecular weight is 480 g/mol. The minimum Gasteiger partial charge on any atom is -0.488 e. The maximum absolute atomic E-state index is 13.5. The predicted octanol–water partition coefficient (Wildman–Crippen LogP) is 3.82. The van der Waals surface area contributed by atoms with Crippen molar-refractivity contribution in [1.29, 1.82) is 0 Å². The molecule has 1 aliphatic carbocycles. The number of carbonyl (C=O) groups excluding carboxylic acids is 1. The highest BCUT2D eigenvalue weighted by Crippen LogP contribution is 2.31. The van der Waals surface area contributed by atoms with Crippen LogP contribution in [0, 0.1) is 5.82 Å². The Kier molecular flexibility index (Phi) is 8.15. The lowest BCUT2D eigenvalue weighted by Gasteiger charge is -2.32. The molecule has 1 heterocycles. The summed E-state index contributed by atoms with van der Waals surface area (Å²) in [7, 11) is 1.89. The van der Waals surface area contributed by atoms with Gasteiger partial charge in [-0.1, -0.05) is 17.7 Å². The Labute approximate surface area is 198 Å². The molecule has 3 rings (SSSR count). The second-order valence-electron chi connectivity index (χ2n) is 9.25. The van der Waals surface area contributed by atoms with Crippen molar-refractivity contribution in [2.24, 2.45) is 0 Å². The molecule has 7 nitrogen and oxygen atoms in total. The number of alkyl carbamates (subject to hydrolysis) is 1. The first kappa shape index (κ1) is 25.2. The van der Waals surface area contributed by atoms with Crippen molar-refractivity contribution in [3.8, 4) is 5.75 Å². The third kappa shape index (κ3) is 7.03. The van der Waals surface area contributed by atoms with E-state index in [1.165, 1.54) is 18.2 Å². The molecule has 0 spiro atoms. The number of benzene rings is 1. The van der Waals surface area contributed by atoms with Crippen molar-refractivity contribution >= 4 is 17.7 Å². The summed E-state index contributed by atoms with van der Waals surface area (Å²) in [4.78, 5) is 18.8. The van der Waals surface area contributed by atoms with Crippen LogP contribution < -0.4 is 10.1 Å². The molecule has 2 N–H and O–H groups in total. The molecule has 1 amide bonds. The first-order valence-corrected chi connectivity index (χ1v) is 11.3. The van der Waals surface area contributed by atoms with Crippen LogP contribution in [-0.2, 0) is 11.2 Å². The lowest BCUT2D eigenvalue weighted by molar-refractivity contribution is 0.0131. The number of hydrogen-bond donors (Lipinski definition) is 2. The molecular formula is C24H31ClFN3O4. The number of likely N-dealkylation sites (N-methyl/N-ethyl adjacent to an activating group) is 1. The number of aliphatic hydroxyl groups excluding tert-OH is 1. The zero-order valence-corrected chi connectivity index (χ0v) is 20.1. The van der Waals surface area contributed by atoms with Crippen molar-refractivity contribution in [1.82, 2.24) is 15.2 Å². The van der Waals surface area contributed by atoms with E-state index in [1.807, 2.05) is 30.1 Å². The smallest absolute Gasteiger partial charge is 0.407 e. The molecule has 0 bridgehead atoms. The number of pyridine rings is 1. The predicted molar refractivity (Wildman–Crippen MR) is 124 cm³/mol. The Balaban J connectivity index is 1.74. The van der Waals surface area contributed by atoms with Crippen LogP contribution >= 0.6 is 11.6 Å². The highest BCUT2D eigenvalue weighted by Gasteiger charge is 2.47. The van der Waals surface area contributed by atoms with Crippen LogP contribution in [0.25, 0.3) is 0 Å². The standard InChI is InChI=1S/C24H31ClFN3O4/c1-24(2,3)33-23(31)28-19-14-20(32-16-8-9-18(26)17(25)13-16)22(30)21(19)29(4)12-10-15-7-5-6-11-27-15/h5-9,11,13,19-22,30H,10,12,14H2,1-4H3,(H,28,31)/t19-,20-,21+,22+/m1/s1. The number of halogens is 2. The van der Waals surface area contributed by atoms with Crippen LogP contribution in [0.2, 0.25) is 5.02 Å². The Bertz CT molecular complexity index is 941. The average Bonchev–Trinajstić information content (AvgIpc) is 3.03. The van der Waals surface area contributed by atoms with Crippen molar-refractivity contribution in [3.05, 3.63) is 59.1 Å². The first-order valence-electron chi connectivity index (χ1n) is 10.9. The maximum atomic E-state index is 13.5. The largest absolute Gasteiger partial charge is 0.488 e. The van der Waals surface area contributed by atoms with Crippen LogP contribution in [0.1, 0.15) is 32.9 Å². The summed E-state index contributed by atoms with van der Waals surface area (Å²) in [5, 5.41) is 14.0. The molecule has 0 unspecified atom stereocenters. The molecule has 9 heteroatoms. The number of nitrogens with one attached hydrogen (secondary N) is 1. The van der Waals surface area contributed by atoms with Crippen molar-refractivity contribution in [3.63, 3.8) is 0 Å². The number of carbonyl (C=O) groups is 1. The lowest BCUT2D eigenvalue weighted by Crippen LogP contribution is -2.53. The second kappa shape index (κ2) is 10.7. The lowest BCUT2D eigenvalue weighted by atomic mass is 10.1. The molecule has 33 heavy (non-hydrogen) atoms. The fraction of sp³-hybridized carbons (Fsp3) is 0.500. The first-order chi connectivity index (χ1) is 15.5. The molecule has 0 saturated heterocycles. The van der Waals surface area contributed by atoms with E-state index in [0.717, 1.165) is 5.69 Å². The summed E-state index contributed by atoms with van der Waals surface area (Å²) in [5.74, 6) is -0.203. The maximum Gasteiger partial charge on any atom is 0.407 e. The Morgan fingerprint density at radius 1 is 1.33 bits per heavy atom. The molecule has 4 atom stereocenters. The molecule has 1 aromatic heterocycles. The van der Waals surface area contributed by atoms with Gasteiger partial charge in [-0.05, 0) is 52.1 Å². The van der Waals surface area contributed by atoms with Gasteiger partial charge in [-0.15, -0.1) is 0 Å². The van der Waals surface area contributed by atoms with Gasteiger partial charge < -0.3 is 19.9 Å². The molecule has 1 aliphatic rings. The van der Waals surface area contributed by atoms with E-state index >= 15 is 0 Å². The Hall–Kier alpha value is -2.42. The number of hydrogen-bond acceptors (Lipinski definition) is 6. The zero-order chi connectivity index (χ0) is 24.2. The Morgan fingerprint density at radius 3 is 2.73 bits per heavy atom. The van der Waals surface area contributed by atoms with Gasteiger partial charge in [0.2, 0.25) is 0 Å². The van der Waals surface area contributed by atoms with E-state index in [0.29, 0.717) is 25.1 Å². The van der Waals surface area contributed by atoms with Gasteiger partial charge in [-0.25, -0.2) is 9.18 Å². The number of rotatable bonds is 7. The molecule has 1 saturated carbocycles. The monoisotopic (exact) mass is 479 g/mol. The summed E-state index contributed by atoms with van der Waals surface area (Å²) in [6, 6.07) is 8.92. The summed E-state index contributed by atoms with van der Waals surface area (Å²) in [6.07, 6.45) is 0.654. The molecule has 1 fully saturated rings. The van der Waals surface area contributed by atoms with E-state index < -0.39 is 41.8 Å². The third-order valence-corrected chi connectivity index (χ3v) is 5.76. The molecule has 180 valence electrons. The SMILES string of the molecule is CN(CCc1ccccn1)[C@@H]1[C@@H](O)[C@H](Oc2ccc(F)c(Cl)c2)C[C@H]1NC(=O)OC(C)(C)C. The molecule has 0 radical (unpaired) electrons. The van der Waals surface area contributed by atoms with E-state index in [1.54, 1.807) is 27.0 Å². The normalized spacial score (nSPS) is 22.9. The van der Waals surface area contributed by atoms with E-state index in [4.69, 9.17) is 21.1 Å². The van der Waals surface area contributed by atoms with Crippen molar-refractivity contribution in [2.75, 3.05) is 13.6 Å². The molecule has 0 aliphatic heterocycles. The van der Waals surface area contributed by atoms with Crippen LogP contribution in [0.4, 0.5) is 9.18 Å². The van der Waals surface area contributed by atoms with Crippen LogP contribution in [-0.4, -0.2) is 64.6 Å². The zero-order valence-electron chi connectivity index (χ0n) is 19.3. The van der Waals surface area contributed by atoms with Crippen LogP contribution in [0.15, 0.2) is 42.6 Å². The molecular weight excluding hydrogens is 449 g/mol. The van der Waals surface area contributed by atoms with Gasteiger partial charge >= 0.3 is 6.09 Å². The van der Waals surface area contributed by atoms with Crippen LogP contribution in [0.5, 0.6) is 5.75 Å².